The molecule has 1 fully saturated rings. The number of rotatable bonds is 3. The monoisotopic (exact) mass is 275 g/mol. The summed E-state index contributed by atoms with van der Waals surface area (Å²) in [5, 5.41) is 0. The van der Waals surface area contributed by atoms with Gasteiger partial charge in [0.05, 0.1) is 12.2 Å². The topological polar surface area (TPSA) is 52.3 Å². The van der Waals surface area contributed by atoms with E-state index in [2.05, 4.69) is 27.7 Å². The van der Waals surface area contributed by atoms with E-state index in [1.807, 2.05) is 0 Å². The number of hydrogen-bond donors (Lipinski definition) is 1. The highest BCUT2D eigenvalue weighted by molar-refractivity contribution is 5.89. The fourth-order valence-corrected chi connectivity index (χ4v) is 3.00. The van der Waals surface area contributed by atoms with Gasteiger partial charge < -0.3 is 10.5 Å². The number of nitrogens with two attached hydrogens (primary N) is 1. The van der Waals surface area contributed by atoms with Gasteiger partial charge in [0.1, 0.15) is 0 Å². The van der Waals surface area contributed by atoms with Crippen molar-refractivity contribution < 1.29 is 9.53 Å². The lowest BCUT2D eigenvalue weighted by atomic mass is 9.66. The molecule has 1 aromatic carbocycles. The summed E-state index contributed by atoms with van der Waals surface area (Å²) < 4.78 is 5.56. The summed E-state index contributed by atoms with van der Waals surface area (Å²) >= 11 is 0. The highest BCUT2D eigenvalue weighted by Gasteiger charge is 2.50. The van der Waals surface area contributed by atoms with Gasteiger partial charge in [0.2, 0.25) is 0 Å². The Balaban J connectivity index is 2.02. The third-order valence-electron chi connectivity index (χ3n) is 5.58. The summed E-state index contributed by atoms with van der Waals surface area (Å²) in [4.78, 5) is 12.1. The molecule has 0 saturated heterocycles. The molecule has 0 spiro atoms. The SMILES string of the molecule is CC1CC[C@](C)(COC(=O)c2ccc(N)cc2)C1(C)C. The summed E-state index contributed by atoms with van der Waals surface area (Å²) in [5.41, 5.74) is 7.07. The van der Waals surface area contributed by atoms with Gasteiger partial charge in [-0.05, 0) is 48.4 Å². The van der Waals surface area contributed by atoms with E-state index in [1.165, 1.54) is 6.42 Å². The van der Waals surface area contributed by atoms with Crippen LogP contribution in [-0.2, 0) is 4.74 Å². The molecule has 110 valence electrons. The van der Waals surface area contributed by atoms with Gasteiger partial charge in [0.15, 0.2) is 0 Å². The van der Waals surface area contributed by atoms with Crippen LogP contribution >= 0.6 is 0 Å². The quantitative estimate of drug-likeness (QED) is 0.672. The average Bonchev–Trinajstić information content (AvgIpc) is 2.61. The minimum atomic E-state index is -0.262. The molecule has 2 atom stereocenters. The van der Waals surface area contributed by atoms with E-state index in [0.717, 1.165) is 6.42 Å². The van der Waals surface area contributed by atoms with E-state index < -0.39 is 0 Å². The van der Waals surface area contributed by atoms with E-state index in [4.69, 9.17) is 10.5 Å². The van der Waals surface area contributed by atoms with Crippen LogP contribution in [0.2, 0.25) is 0 Å². The highest BCUT2D eigenvalue weighted by atomic mass is 16.5. The molecule has 0 aromatic heterocycles. The van der Waals surface area contributed by atoms with Gasteiger partial charge in [-0.1, -0.05) is 27.7 Å². The van der Waals surface area contributed by atoms with Crippen molar-refractivity contribution in [1.82, 2.24) is 0 Å². The number of ether oxygens (including phenoxy) is 1. The zero-order chi connectivity index (χ0) is 15.0. The Bertz CT molecular complexity index is 492. The van der Waals surface area contributed by atoms with E-state index >= 15 is 0 Å². The Morgan fingerprint density at radius 3 is 2.40 bits per heavy atom. The van der Waals surface area contributed by atoms with Gasteiger partial charge in [0.25, 0.3) is 0 Å². The van der Waals surface area contributed by atoms with Crippen molar-refractivity contribution in [3.8, 4) is 0 Å². The van der Waals surface area contributed by atoms with Crippen molar-refractivity contribution >= 4 is 11.7 Å². The first-order valence-electron chi connectivity index (χ1n) is 7.29. The van der Waals surface area contributed by atoms with Crippen molar-refractivity contribution in [2.24, 2.45) is 16.7 Å². The van der Waals surface area contributed by atoms with Crippen molar-refractivity contribution in [3.63, 3.8) is 0 Å². The minimum Gasteiger partial charge on any atom is -0.461 e. The third kappa shape index (κ3) is 2.54. The first-order valence-corrected chi connectivity index (χ1v) is 7.29. The molecule has 1 saturated carbocycles. The zero-order valence-corrected chi connectivity index (χ0v) is 12.9. The number of esters is 1. The minimum absolute atomic E-state index is 0.0515. The summed E-state index contributed by atoms with van der Waals surface area (Å²) in [6, 6.07) is 6.87. The Kier molecular flexibility index (Phi) is 3.81. The summed E-state index contributed by atoms with van der Waals surface area (Å²) in [5.74, 6) is 0.393. The maximum absolute atomic E-state index is 12.1. The van der Waals surface area contributed by atoms with E-state index in [-0.39, 0.29) is 16.8 Å². The lowest BCUT2D eigenvalue weighted by Gasteiger charge is -2.40. The molecule has 0 aliphatic heterocycles. The van der Waals surface area contributed by atoms with Gasteiger partial charge in [-0.15, -0.1) is 0 Å². The van der Waals surface area contributed by atoms with Crippen molar-refractivity contribution in [2.45, 2.75) is 40.5 Å². The molecular weight excluding hydrogens is 250 g/mol. The maximum atomic E-state index is 12.1. The third-order valence-corrected chi connectivity index (χ3v) is 5.58. The standard InChI is InChI=1S/C17H25NO2/c1-12-9-10-17(4,16(12,2)3)11-20-15(19)13-5-7-14(18)8-6-13/h5-8,12H,9-11,18H2,1-4H3/t12?,17-/m1/s1. The number of carbonyl (C=O) groups excluding carboxylic acids is 1. The number of nitrogen functional groups attached to an aromatic ring is 1. The predicted molar refractivity (Wildman–Crippen MR) is 81.4 cm³/mol. The van der Waals surface area contributed by atoms with Crippen LogP contribution in [0.3, 0.4) is 0 Å². The summed E-state index contributed by atoms with van der Waals surface area (Å²) in [6.45, 7) is 9.55. The molecule has 20 heavy (non-hydrogen) atoms. The second kappa shape index (κ2) is 5.12. The smallest absolute Gasteiger partial charge is 0.338 e. The van der Waals surface area contributed by atoms with Crippen LogP contribution < -0.4 is 5.73 Å². The van der Waals surface area contributed by atoms with E-state index in [0.29, 0.717) is 23.8 Å². The van der Waals surface area contributed by atoms with Crippen LogP contribution in [-0.4, -0.2) is 12.6 Å². The van der Waals surface area contributed by atoms with E-state index in [1.54, 1.807) is 24.3 Å². The Morgan fingerprint density at radius 1 is 1.30 bits per heavy atom. The molecule has 2 rings (SSSR count). The van der Waals surface area contributed by atoms with Gasteiger partial charge in [-0.25, -0.2) is 4.79 Å². The van der Waals surface area contributed by atoms with Gasteiger partial charge in [-0.3, -0.25) is 0 Å². The lowest BCUT2D eigenvalue weighted by Crippen LogP contribution is -2.37. The molecule has 0 amide bonds. The summed E-state index contributed by atoms with van der Waals surface area (Å²) in [6.07, 6.45) is 2.30. The fourth-order valence-electron chi connectivity index (χ4n) is 3.00. The number of carbonyl (C=O) groups is 1. The molecule has 1 unspecified atom stereocenters. The van der Waals surface area contributed by atoms with Gasteiger partial charge in [-0.2, -0.15) is 0 Å². The average molecular weight is 275 g/mol. The lowest BCUT2D eigenvalue weighted by molar-refractivity contribution is -0.00349. The predicted octanol–water partition coefficient (Wildman–Crippen LogP) is 3.89. The van der Waals surface area contributed by atoms with Crippen LogP contribution in [0.15, 0.2) is 24.3 Å². The fraction of sp³-hybridized carbons (Fsp3) is 0.588. The second-order valence-corrected chi connectivity index (χ2v) is 6.92. The Morgan fingerprint density at radius 2 is 1.90 bits per heavy atom. The van der Waals surface area contributed by atoms with Crippen molar-refractivity contribution in [2.75, 3.05) is 12.3 Å². The molecule has 1 aromatic rings. The second-order valence-electron chi connectivity index (χ2n) is 6.92. The maximum Gasteiger partial charge on any atom is 0.338 e. The molecule has 3 nitrogen and oxygen atoms in total. The molecule has 0 radical (unpaired) electrons. The van der Waals surface area contributed by atoms with Crippen LogP contribution in [0.5, 0.6) is 0 Å². The molecule has 3 heteroatoms. The molecule has 0 heterocycles. The molecule has 2 N–H and O–H groups in total. The molecule has 1 aliphatic carbocycles. The molecule has 0 bridgehead atoms. The molecular formula is C17H25NO2. The van der Waals surface area contributed by atoms with Crippen molar-refractivity contribution in [3.05, 3.63) is 29.8 Å². The first-order chi connectivity index (χ1) is 9.26. The van der Waals surface area contributed by atoms with Crippen LogP contribution in [0.1, 0.15) is 50.9 Å². The summed E-state index contributed by atoms with van der Waals surface area (Å²) in [7, 11) is 0. The van der Waals surface area contributed by atoms with Crippen LogP contribution in [0.4, 0.5) is 5.69 Å². The van der Waals surface area contributed by atoms with Crippen molar-refractivity contribution in [1.29, 1.82) is 0 Å². The van der Waals surface area contributed by atoms with Crippen LogP contribution in [0.25, 0.3) is 0 Å². The largest absolute Gasteiger partial charge is 0.461 e. The number of anilines is 1. The van der Waals surface area contributed by atoms with Crippen LogP contribution in [0, 0.1) is 16.7 Å². The Labute approximate surface area is 121 Å². The number of hydrogen-bond acceptors (Lipinski definition) is 3. The molecule has 1 aliphatic rings. The zero-order valence-electron chi connectivity index (χ0n) is 12.9. The van der Waals surface area contributed by atoms with Gasteiger partial charge in [0, 0.05) is 11.1 Å². The first kappa shape index (κ1) is 14.9. The normalized spacial score (nSPS) is 28.3. The number of benzene rings is 1. The van der Waals surface area contributed by atoms with Gasteiger partial charge >= 0.3 is 5.97 Å². The van der Waals surface area contributed by atoms with E-state index in [9.17, 15) is 4.79 Å². The highest BCUT2D eigenvalue weighted by Crippen LogP contribution is 2.55. The Hall–Kier alpha value is -1.51.